The third-order valence-electron chi connectivity index (χ3n) is 5.76. The van der Waals surface area contributed by atoms with Crippen molar-refractivity contribution in [3.05, 3.63) is 59.5 Å². The fourth-order valence-corrected chi connectivity index (χ4v) is 3.86. The molecule has 0 spiro atoms. The molecule has 7 nitrogen and oxygen atoms in total. The van der Waals surface area contributed by atoms with Crippen LogP contribution in [0.25, 0.3) is 11.4 Å². The van der Waals surface area contributed by atoms with Crippen molar-refractivity contribution >= 4 is 11.6 Å². The van der Waals surface area contributed by atoms with E-state index in [9.17, 15) is 4.79 Å². The molecule has 0 aliphatic carbocycles. The van der Waals surface area contributed by atoms with Gasteiger partial charge in [-0.05, 0) is 81.2 Å². The summed E-state index contributed by atoms with van der Waals surface area (Å²) in [6.45, 7) is 6.07. The number of aryl methyl sites for hydroxylation is 2. The number of rotatable bonds is 6. The number of amides is 1. The Morgan fingerprint density at radius 1 is 1.16 bits per heavy atom. The van der Waals surface area contributed by atoms with E-state index in [2.05, 4.69) is 20.4 Å². The average Bonchev–Trinajstić information content (AvgIpc) is 3.27. The van der Waals surface area contributed by atoms with E-state index in [1.165, 1.54) is 0 Å². The number of methoxy groups -OCH3 is 1. The zero-order chi connectivity index (χ0) is 21.8. The van der Waals surface area contributed by atoms with Crippen LogP contribution in [0, 0.1) is 13.8 Å². The number of aromatic nitrogens is 2. The number of hydrogen-bond donors (Lipinski definition) is 1. The van der Waals surface area contributed by atoms with Gasteiger partial charge in [0.15, 0.2) is 0 Å². The van der Waals surface area contributed by atoms with Gasteiger partial charge in [0.2, 0.25) is 17.6 Å². The summed E-state index contributed by atoms with van der Waals surface area (Å²) >= 11 is 0. The SMILES string of the molecule is COc1ccc(-c2noc(C3CCN(CC(=O)Nc4cc(C)ccc4C)CC3)n2)cc1. The van der Waals surface area contributed by atoms with Gasteiger partial charge in [0, 0.05) is 17.2 Å². The van der Waals surface area contributed by atoms with E-state index in [-0.39, 0.29) is 11.8 Å². The second-order valence-electron chi connectivity index (χ2n) is 8.10. The Kier molecular flexibility index (Phi) is 6.32. The molecule has 31 heavy (non-hydrogen) atoms. The normalized spacial score (nSPS) is 15.1. The summed E-state index contributed by atoms with van der Waals surface area (Å²) in [5.74, 6) is 2.30. The summed E-state index contributed by atoms with van der Waals surface area (Å²) in [7, 11) is 1.64. The monoisotopic (exact) mass is 420 g/mol. The topological polar surface area (TPSA) is 80.5 Å². The number of anilines is 1. The van der Waals surface area contributed by atoms with Gasteiger partial charge in [0.05, 0.1) is 13.7 Å². The number of carbonyl (C=O) groups excluding carboxylic acids is 1. The van der Waals surface area contributed by atoms with E-state index in [0.717, 1.165) is 54.1 Å². The number of ether oxygens (including phenoxy) is 1. The summed E-state index contributed by atoms with van der Waals surface area (Å²) in [6, 6.07) is 13.7. The van der Waals surface area contributed by atoms with E-state index in [4.69, 9.17) is 9.26 Å². The number of carbonyl (C=O) groups is 1. The van der Waals surface area contributed by atoms with Crippen molar-refractivity contribution in [1.82, 2.24) is 15.0 Å². The van der Waals surface area contributed by atoms with Gasteiger partial charge in [-0.1, -0.05) is 17.3 Å². The molecule has 162 valence electrons. The molecule has 1 amide bonds. The van der Waals surface area contributed by atoms with E-state index in [1.807, 2.05) is 56.3 Å². The third-order valence-corrected chi connectivity index (χ3v) is 5.76. The molecule has 1 aromatic heterocycles. The Bertz CT molecular complexity index is 1040. The molecule has 1 saturated heterocycles. The second kappa shape index (κ2) is 9.31. The minimum Gasteiger partial charge on any atom is -0.497 e. The maximum absolute atomic E-state index is 12.5. The molecule has 1 fully saturated rings. The van der Waals surface area contributed by atoms with E-state index in [0.29, 0.717) is 18.3 Å². The lowest BCUT2D eigenvalue weighted by Gasteiger charge is -2.29. The first-order valence-corrected chi connectivity index (χ1v) is 10.6. The van der Waals surface area contributed by atoms with Crippen molar-refractivity contribution in [2.45, 2.75) is 32.6 Å². The summed E-state index contributed by atoms with van der Waals surface area (Å²) < 4.78 is 10.7. The van der Waals surface area contributed by atoms with Crippen LogP contribution in [-0.2, 0) is 4.79 Å². The molecular weight excluding hydrogens is 392 g/mol. The lowest BCUT2D eigenvalue weighted by atomic mass is 9.97. The maximum atomic E-state index is 12.5. The molecule has 0 atom stereocenters. The Morgan fingerprint density at radius 3 is 2.61 bits per heavy atom. The molecule has 0 bridgehead atoms. The third kappa shape index (κ3) is 5.11. The van der Waals surface area contributed by atoms with Crippen LogP contribution in [0.15, 0.2) is 47.0 Å². The highest BCUT2D eigenvalue weighted by molar-refractivity contribution is 5.93. The van der Waals surface area contributed by atoms with Gasteiger partial charge in [-0.3, -0.25) is 9.69 Å². The van der Waals surface area contributed by atoms with Crippen molar-refractivity contribution in [1.29, 1.82) is 0 Å². The number of benzene rings is 2. The van der Waals surface area contributed by atoms with Crippen molar-refractivity contribution in [2.75, 3.05) is 32.1 Å². The van der Waals surface area contributed by atoms with E-state index < -0.39 is 0 Å². The molecule has 2 aromatic carbocycles. The molecule has 1 aliphatic rings. The van der Waals surface area contributed by atoms with Crippen molar-refractivity contribution in [3.8, 4) is 17.1 Å². The van der Waals surface area contributed by atoms with Gasteiger partial charge in [0.1, 0.15) is 5.75 Å². The Hall–Kier alpha value is -3.19. The first-order valence-electron chi connectivity index (χ1n) is 10.6. The fourth-order valence-electron chi connectivity index (χ4n) is 3.86. The lowest BCUT2D eigenvalue weighted by Crippen LogP contribution is -2.38. The summed E-state index contributed by atoms with van der Waals surface area (Å²) in [4.78, 5) is 19.3. The number of likely N-dealkylation sites (tertiary alicyclic amines) is 1. The van der Waals surface area contributed by atoms with Crippen LogP contribution in [-0.4, -0.2) is 47.7 Å². The Balaban J connectivity index is 1.30. The maximum Gasteiger partial charge on any atom is 0.238 e. The minimum absolute atomic E-state index is 0.0201. The van der Waals surface area contributed by atoms with Crippen LogP contribution < -0.4 is 10.1 Å². The molecule has 0 radical (unpaired) electrons. The zero-order valence-corrected chi connectivity index (χ0v) is 18.2. The number of hydrogen-bond acceptors (Lipinski definition) is 6. The van der Waals surface area contributed by atoms with Crippen LogP contribution in [0.4, 0.5) is 5.69 Å². The molecule has 4 rings (SSSR count). The van der Waals surface area contributed by atoms with Crippen LogP contribution >= 0.6 is 0 Å². The quantitative estimate of drug-likeness (QED) is 0.644. The Morgan fingerprint density at radius 2 is 1.90 bits per heavy atom. The van der Waals surface area contributed by atoms with Crippen LogP contribution in [0.1, 0.15) is 35.8 Å². The molecule has 2 heterocycles. The van der Waals surface area contributed by atoms with Crippen molar-refractivity contribution in [2.24, 2.45) is 0 Å². The van der Waals surface area contributed by atoms with Gasteiger partial charge in [-0.15, -0.1) is 0 Å². The van der Waals surface area contributed by atoms with Gasteiger partial charge >= 0.3 is 0 Å². The first-order chi connectivity index (χ1) is 15.0. The molecule has 1 aliphatic heterocycles. The van der Waals surface area contributed by atoms with Crippen molar-refractivity contribution < 1.29 is 14.1 Å². The second-order valence-corrected chi connectivity index (χ2v) is 8.10. The summed E-state index contributed by atoms with van der Waals surface area (Å²) in [5.41, 5.74) is 3.99. The average molecular weight is 421 g/mol. The Labute approximate surface area is 182 Å². The minimum atomic E-state index is 0.0201. The van der Waals surface area contributed by atoms with Crippen LogP contribution in [0.5, 0.6) is 5.75 Å². The van der Waals surface area contributed by atoms with Crippen LogP contribution in [0.2, 0.25) is 0 Å². The first kappa shape index (κ1) is 21.1. The molecule has 0 saturated carbocycles. The molecule has 3 aromatic rings. The highest BCUT2D eigenvalue weighted by Crippen LogP contribution is 2.29. The molecule has 7 heteroatoms. The van der Waals surface area contributed by atoms with E-state index in [1.54, 1.807) is 7.11 Å². The number of nitrogens with one attached hydrogen (secondary N) is 1. The van der Waals surface area contributed by atoms with Crippen molar-refractivity contribution in [3.63, 3.8) is 0 Å². The van der Waals surface area contributed by atoms with E-state index >= 15 is 0 Å². The fraction of sp³-hybridized carbons (Fsp3) is 0.375. The van der Waals surface area contributed by atoms with Gasteiger partial charge in [-0.2, -0.15) is 4.98 Å². The summed E-state index contributed by atoms with van der Waals surface area (Å²) in [5, 5.41) is 7.18. The number of nitrogens with zero attached hydrogens (tertiary/aromatic N) is 3. The zero-order valence-electron chi connectivity index (χ0n) is 18.2. The highest BCUT2D eigenvalue weighted by Gasteiger charge is 2.26. The smallest absolute Gasteiger partial charge is 0.238 e. The van der Waals surface area contributed by atoms with Crippen LogP contribution in [0.3, 0.4) is 0 Å². The molecular formula is C24H28N4O3. The molecule has 1 N–H and O–H groups in total. The van der Waals surface area contributed by atoms with Gasteiger partial charge in [-0.25, -0.2) is 0 Å². The van der Waals surface area contributed by atoms with Gasteiger partial charge < -0.3 is 14.6 Å². The predicted molar refractivity (Wildman–Crippen MR) is 119 cm³/mol. The molecule has 0 unspecified atom stereocenters. The van der Waals surface area contributed by atoms with Gasteiger partial charge in [0.25, 0.3) is 0 Å². The summed E-state index contributed by atoms with van der Waals surface area (Å²) in [6.07, 6.45) is 1.78. The largest absolute Gasteiger partial charge is 0.497 e. The predicted octanol–water partition coefficient (Wildman–Crippen LogP) is 4.18. The lowest BCUT2D eigenvalue weighted by molar-refractivity contribution is -0.117. The highest BCUT2D eigenvalue weighted by atomic mass is 16.5. The number of piperidine rings is 1. The standard InChI is InChI=1S/C24H28N4O3/c1-16-4-5-17(2)21(14-16)25-22(29)15-28-12-10-19(11-13-28)24-26-23(27-31-24)18-6-8-20(30-3)9-7-18/h4-9,14,19H,10-13,15H2,1-3H3,(H,25,29).